The minimum atomic E-state index is -0.212. The fourth-order valence-electron chi connectivity index (χ4n) is 1.26. The van der Waals surface area contributed by atoms with Crippen LogP contribution in [0.2, 0.25) is 0 Å². The van der Waals surface area contributed by atoms with Gasteiger partial charge >= 0.3 is 6.03 Å². The van der Waals surface area contributed by atoms with Crippen molar-refractivity contribution in [1.29, 1.82) is 0 Å². The van der Waals surface area contributed by atoms with E-state index in [1.54, 1.807) is 12.1 Å². The maximum atomic E-state index is 11.5. The van der Waals surface area contributed by atoms with E-state index >= 15 is 0 Å². The van der Waals surface area contributed by atoms with Gasteiger partial charge in [0.15, 0.2) is 0 Å². The summed E-state index contributed by atoms with van der Waals surface area (Å²) in [7, 11) is 0. The molecule has 0 aliphatic carbocycles. The molecule has 0 unspecified atom stereocenters. The number of hydrogen-bond donors (Lipinski definition) is 2. The molecule has 0 saturated carbocycles. The van der Waals surface area contributed by atoms with Crippen molar-refractivity contribution in [3.63, 3.8) is 0 Å². The van der Waals surface area contributed by atoms with Crippen LogP contribution < -0.4 is 10.6 Å². The number of urea groups is 1. The molecule has 3 heteroatoms. The number of terminal acetylenes is 1. The predicted octanol–water partition coefficient (Wildman–Crippen LogP) is 2.59. The quantitative estimate of drug-likeness (QED) is 0.589. The number of para-hydroxylation sites is 1. The summed E-state index contributed by atoms with van der Waals surface area (Å²) in [5.74, 6) is 2.53. The number of amides is 2. The third kappa shape index (κ3) is 3.66. The van der Waals surface area contributed by atoms with Crippen molar-refractivity contribution in [2.24, 2.45) is 0 Å². The maximum absolute atomic E-state index is 11.5. The van der Waals surface area contributed by atoms with E-state index in [1.165, 1.54) is 0 Å². The van der Waals surface area contributed by atoms with Gasteiger partial charge in [-0.1, -0.05) is 31.4 Å². The summed E-state index contributed by atoms with van der Waals surface area (Å²) in [5, 5.41) is 5.49. The van der Waals surface area contributed by atoms with Gasteiger partial charge in [-0.2, -0.15) is 0 Å². The van der Waals surface area contributed by atoms with Crippen molar-refractivity contribution >= 4 is 11.7 Å². The molecule has 0 saturated heterocycles. The largest absolute Gasteiger partial charge is 0.338 e. The molecule has 2 N–H and O–H groups in total. The molecule has 0 fully saturated rings. The van der Waals surface area contributed by atoms with Gasteiger partial charge in [0, 0.05) is 12.1 Å². The minimum Gasteiger partial charge on any atom is -0.338 e. The lowest BCUT2D eigenvalue weighted by atomic mass is 10.2. The van der Waals surface area contributed by atoms with Gasteiger partial charge in [0.1, 0.15) is 0 Å². The molecule has 0 aliphatic rings. The van der Waals surface area contributed by atoms with Crippen LogP contribution in [0.1, 0.15) is 25.3 Å². The summed E-state index contributed by atoms with van der Waals surface area (Å²) in [6.07, 6.45) is 7.36. The zero-order valence-electron chi connectivity index (χ0n) is 9.42. The van der Waals surface area contributed by atoms with Gasteiger partial charge in [-0.3, -0.25) is 0 Å². The molecule has 0 bridgehead atoms. The lowest BCUT2D eigenvalue weighted by Crippen LogP contribution is -2.29. The molecular weight excluding hydrogens is 200 g/mol. The number of carbonyl (C=O) groups is 1. The van der Waals surface area contributed by atoms with Crippen molar-refractivity contribution in [3.05, 3.63) is 29.8 Å². The lowest BCUT2D eigenvalue weighted by molar-refractivity contribution is 0.252. The molecule has 0 radical (unpaired) electrons. The zero-order valence-corrected chi connectivity index (χ0v) is 9.42. The first-order chi connectivity index (χ1) is 7.77. The molecule has 0 aromatic heterocycles. The fraction of sp³-hybridized carbons (Fsp3) is 0.308. The van der Waals surface area contributed by atoms with Crippen molar-refractivity contribution in [1.82, 2.24) is 5.32 Å². The van der Waals surface area contributed by atoms with E-state index in [0.717, 1.165) is 12.8 Å². The van der Waals surface area contributed by atoms with Crippen LogP contribution in [-0.4, -0.2) is 12.6 Å². The molecular formula is C13H16N2O. The van der Waals surface area contributed by atoms with Crippen molar-refractivity contribution < 1.29 is 4.79 Å². The molecule has 3 nitrogen and oxygen atoms in total. The number of unbranched alkanes of at least 4 members (excludes halogenated alkanes) is 1. The smallest absolute Gasteiger partial charge is 0.319 e. The highest BCUT2D eigenvalue weighted by molar-refractivity contribution is 5.90. The standard InChI is InChI=1S/C13H16N2O/c1-3-5-10-14-13(16)15-12-9-7-6-8-11(12)4-2/h2,6-9H,3,5,10H2,1H3,(H2,14,15,16). The van der Waals surface area contributed by atoms with E-state index in [0.29, 0.717) is 17.8 Å². The van der Waals surface area contributed by atoms with Crippen LogP contribution >= 0.6 is 0 Å². The van der Waals surface area contributed by atoms with Crippen molar-refractivity contribution in [2.45, 2.75) is 19.8 Å². The van der Waals surface area contributed by atoms with E-state index in [2.05, 4.69) is 23.5 Å². The molecule has 0 aliphatic heterocycles. The van der Waals surface area contributed by atoms with Crippen molar-refractivity contribution in [3.8, 4) is 12.3 Å². The number of rotatable bonds is 4. The molecule has 1 rings (SSSR count). The van der Waals surface area contributed by atoms with Gasteiger partial charge in [-0.05, 0) is 18.6 Å². The molecule has 0 atom stereocenters. The first kappa shape index (κ1) is 12.1. The first-order valence-electron chi connectivity index (χ1n) is 5.38. The monoisotopic (exact) mass is 216 g/mol. The summed E-state index contributed by atoms with van der Waals surface area (Å²) in [5.41, 5.74) is 1.35. The summed E-state index contributed by atoms with van der Waals surface area (Å²) in [4.78, 5) is 11.5. The number of carbonyl (C=O) groups excluding carboxylic acids is 1. The first-order valence-corrected chi connectivity index (χ1v) is 5.38. The Morgan fingerprint density at radius 1 is 1.44 bits per heavy atom. The second-order valence-electron chi connectivity index (χ2n) is 3.42. The summed E-state index contributed by atoms with van der Waals surface area (Å²) in [6.45, 7) is 2.76. The molecule has 1 aromatic carbocycles. The van der Waals surface area contributed by atoms with Gasteiger partial charge in [0.05, 0.1) is 5.69 Å². The molecule has 84 valence electrons. The highest BCUT2D eigenvalue weighted by Crippen LogP contribution is 2.12. The minimum absolute atomic E-state index is 0.212. The Balaban J connectivity index is 2.53. The number of benzene rings is 1. The highest BCUT2D eigenvalue weighted by atomic mass is 16.2. The molecule has 16 heavy (non-hydrogen) atoms. The Morgan fingerprint density at radius 3 is 2.88 bits per heavy atom. The van der Waals surface area contributed by atoms with E-state index in [9.17, 15) is 4.79 Å². The van der Waals surface area contributed by atoms with E-state index in [-0.39, 0.29) is 6.03 Å². The fourth-order valence-corrected chi connectivity index (χ4v) is 1.26. The van der Waals surface area contributed by atoms with Crippen LogP contribution in [0, 0.1) is 12.3 Å². The van der Waals surface area contributed by atoms with Gasteiger partial charge in [0.2, 0.25) is 0 Å². The number of hydrogen-bond acceptors (Lipinski definition) is 1. The maximum Gasteiger partial charge on any atom is 0.319 e. The highest BCUT2D eigenvalue weighted by Gasteiger charge is 2.03. The Morgan fingerprint density at radius 2 is 2.19 bits per heavy atom. The van der Waals surface area contributed by atoms with Crippen LogP contribution in [0.4, 0.5) is 10.5 Å². The van der Waals surface area contributed by atoms with Crippen LogP contribution in [0.25, 0.3) is 0 Å². The predicted molar refractivity (Wildman–Crippen MR) is 66.3 cm³/mol. The Bertz CT molecular complexity index is 393. The summed E-state index contributed by atoms with van der Waals surface area (Å²) < 4.78 is 0. The average molecular weight is 216 g/mol. The molecule has 0 spiro atoms. The van der Waals surface area contributed by atoms with Gasteiger partial charge < -0.3 is 10.6 Å². The van der Waals surface area contributed by atoms with E-state index in [4.69, 9.17) is 6.42 Å². The average Bonchev–Trinajstić information content (AvgIpc) is 2.30. The Kier molecular flexibility index (Phi) is 4.94. The number of nitrogens with one attached hydrogen (secondary N) is 2. The normalized spacial score (nSPS) is 9.25. The van der Waals surface area contributed by atoms with E-state index in [1.807, 2.05) is 12.1 Å². The third-order valence-corrected chi connectivity index (χ3v) is 2.15. The van der Waals surface area contributed by atoms with Crippen molar-refractivity contribution in [2.75, 3.05) is 11.9 Å². The second kappa shape index (κ2) is 6.52. The van der Waals surface area contributed by atoms with Crippen LogP contribution in [0.5, 0.6) is 0 Å². The van der Waals surface area contributed by atoms with Gasteiger partial charge in [0.25, 0.3) is 0 Å². The Hall–Kier alpha value is -1.95. The van der Waals surface area contributed by atoms with Crippen LogP contribution in [-0.2, 0) is 0 Å². The SMILES string of the molecule is C#Cc1ccccc1NC(=O)NCCCC. The summed E-state index contributed by atoms with van der Waals surface area (Å²) in [6, 6.07) is 7.05. The summed E-state index contributed by atoms with van der Waals surface area (Å²) >= 11 is 0. The van der Waals surface area contributed by atoms with Gasteiger partial charge in [-0.15, -0.1) is 6.42 Å². The van der Waals surface area contributed by atoms with E-state index < -0.39 is 0 Å². The molecule has 0 heterocycles. The second-order valence-corrected chi connectivity index (χ2v) is 3.42. The van der Waals surface area contributed by atoms with Gasteiger partial charge in [-0.25, -0.2) is 4.79 Å². The lowest BCUT2D eigenvalue weighted by Gasteiger charge is -2.08. The topological polar surface area (TPSA) is 41.1 Å². The third-order valence-electron chi connectivity index (χ3n) is 2.15. The molecule has 2 amide bonds. The zero-order chi connectivity index (χ0) is 11.8. The van der Waals surface area contributed by atoms with Crippen LogP contribution in [0.15, 0.2) is 24.3 Å². The Labute approximate surface area is 96.2 Å². The van der Waals surface area contributed by atoms with Crippen LogP contribution in [0.3, 0.4) is 0 Å². The number of anilines is 1. The molecule has 1 aromatic rings.